The topological polar surface area (TPSA) is 87.3 Å². The van der Waals surface area contributed by atoms with Crippen LogP contribution in [0.2, 0.25) is 0 Å². The predicted octanol–water partition coefficient (Wildman–Crippen LogP) is 2.15. The van der Waals surface area contributed by atoms with Crippen LogP contribution in [0, 0.1) is 3.57 Å². The molecule has 0 aromatic heterocycles. The molecule has 3 amide bonds. The van der Waals surface area contributed by atoms with E-state index in [2.05, 4.69) is 16.2 Å². The first-order chi connectivity index (χ1) is 12.1. The van der Waals surface area contributed by atoms with Crippen molar-refractivity contribution in [2.24, 2.45) is 0 Å². The van der Waals surface area contributed by atoms with E-state index in [0.29, 0.717) is 12.1 Å². The van der Waals surface area contributed by atoms with Crippen LogP contribution in [-0.4, -0.2) is 17.7 Å². The molecule has 2 rings (SSSR count). The maximum Gasteiger partial charge on any atom is 0.270 e. The molecule has 0 saturated carbocycles. The summed E-state index contributed by atoms with van der Waals surface area (Å²) in [6, 6.07) is 16.5. The van der Waals surface area contributed by atoms with E-state index in [1.807, 2.05) is 59.0 Å². The third-order valence-electron chi connectivity index (χ3n) is 3.35. The van der Waals surface area contributed by atoms with Crippen LogP contribution in [0.1, 0.15) is 28.8 Å². The van der Waals surface area contributed by atoms with Gasteiger partial charge in [0.15, 0.2) is 0 Å². The van der Waals surface area contributed by atoms with E-state index < -0.39 is 11.8 Å². The van der Waals surface area contributed by atoms with Gasteiger partial charge in [-0.2, -0.15) is 0 Å². The molecule has 0 heterocycles. The lowest BCUT2D eigenvalue weighted by Crippen LogP contribution is -2.42. The van der Waals surface area contributed by atoms with Crippen LogP contribution in [0.25, 0.3) is 0 Å². The number of carbonyl (C=O) groups excluding carboxylic acids is 3. The van der Waals surface area contributed by atoms with E-state index in [-0.39, 0.29) is 18.7 Å². The molecule has 2 aromatic rings. The number of hydrazine groups is 1. The lowest BCUT2D eigenvalue weighted by Gasteiger charge is -2.09. The Hall–Kier alpha value is -2.42. The Morgan fingerprint density at radius 2 is 1.44 bits per heavy atom. The van der Waals surface area contributed by atoms with Crippen molar-refractivity contribution in [2.45, 2.75) is 19.4 Å². The Kier molecular flexibility index (Phi) is 7.39. The van der Waals surface area contributed by atoms with Gasteiger partial charge in [0.2, 0.25) is 11.8 Å². The standard InChI is InChI=1S/C18H18IN3O3/c19-15-9-5-4-8-14(15)18(25)22-21-17(24)11-10-16(23)20-12-13-6-2-1-3-7-13/h1-9H,10-12H2,(H,20,23)(H,21,24)(H,22,25). The summed E-state index contributed by atoms with van der Waals surface area (Å²) in [5.41, 5.74) is 6.13. The lowest BCUT2D eigenvalue weighted by atomic mass is 10.2. The van der Waals surface area contributed by atoms with Gasteiger partial charge in [-0.15, -0.1) is 0 Å². The first-order valence-electron chi connectivity index (χ1n) is 7.70. The molecule has 2 aromatic carbocycles. The Balaban J connectivity index is 1.67. The molecule has 3 N–H and O–H groups in total. The summed E-state index contributed by atoms with van der Waals surface area (Å²) in [4.78, 5) is 35.4. The molecule has 0 aliphatic rings. The Morgan fingerprint density at radius 1 is 0.800 bits per heavy atom. The molecular formula is C18H18IN3O3. The lowest BCUT2D eigenvalue weighted by molar-refractivity contribution is -0.126. The van der Waals surface area contributed by atoms with Gasteiger partial charge in [0, 0.05) is 23.0 Å². The number of nitrogens with one attached hydrogen (secondary N) is 3. The molecule has 6 nitrogen and oxygen atoms in total. The summed E-state index contributed by atoms with van der Waals surface area (Å²) in [7, 11) is 0. The van der Waals surface area contributed by atoms with Crippen molar-refractivity contribution < 1.29 is 14.4 Å². The average Bonchev–Trinajstić information content (AvgIpc) is 2.64. The molecular weight excluding hydrogens is 433 g/mol. The van der Waals surface area contributed by atoms with Gasteiger partial charge in [-0.05, 0) is 40.3 Å². The summed E-state index contributed by atoms with van der Waals surface area (Å²) in [5, 5.41) is 2.75. The monoisotopic (exact) mass is 451 g/mol. The number of benzene rings is 2. The molecule has 0 unspecified atom stereocenters. The zero-order valence-corrected chi connectivity index (χ0v) is 15.6. The molecule has 130 valence electrons. The zero-order chi connectivity index (χ0) is 18.1. The molecule has 0 fully saturated rings. The third-order valence-corrected chi connectivity index (χ3v) is 4.29. The normalized spacial score (nSPS) is 9.96. The molecule has 0 aliphatic carbocycles. The largest absolute Gasteiger partial charge is 0.352 e. The highest BCUT2D eigenvalue weighted by molar-refractivity contribution is 14.1. The van der Waals surface area contributed by atoms with Crippen molar-refractivity contribution >= 4 is 40.3 Å². The smallest absolute Gasteiger partial charge is 0.270 e. The second-order valence-corrected chi connectivity index (χ2v) is 6.41. The van der Waals surface area contributed by atoms with Crippen molar-refractivity contribution in [1.82, 2.24) is 16.2 Å². The molecule has 7 heteroatoms. The van der Waals surface area contributed by atoms with Gasteiger partial charge < -0.3 is 5.32 Å². The van der Waals surface area contributed by atoms with Gasteiger partial charge in [0.25, 0.3) is 5.91 Å². The van der Waals surface area contributed by atoms with E-state index in [1.165, 1.54) is 0 Å². The fraction of sp³-hybridized carbons (Fsp3) is 0.167. The van der Waals surface area contributed by atoms with Gasteiger partial charge in [-0.3, -0.25) is 25.2 Å². The number of amides is 3. The highest BCUT2D eigenvalue weighted by Crippen LogP contribution is 2.10. The molecule has 0 bridgehead atoms. The summed E-state index contributed by atoms with van der Waals surface area (Å²) >= 11 is 2.05. The Labute approximate surface area is 159 Å². The van der Waals surface area contributed by atoms with Crippen molar-refractivity contribution in [3.05, 3.63) is 69.3 Å². The molecule has 0 spiro atoms. The number of halogens is 1. The fourth-order valence-corrected chi connectivity index (χ4v) is 2.65. The van der Waals surface area contributed by atoms with E-state index >= 15 is 0 Å². The summed E-state index contributed by atoms with van der Waals surface area (Å²) in [6.07, 6.45) is 0.0458. The van der Waals surface area contributed by atoms with E-state index in [1.54, 1.807) is 18.2 Å². The van der Waals surface area contributed by atoms with Crippen LogP contribution >= 0.6 is 22.6 Å². The van der Waals surface area contributed by atoms with E-state index in [9.17, 15) is 14.4 Å². The second kappa shape index (κ2) is 9.77. The van der Waals surface area contributed by atoms with Gasteiger partial charge in [-0.1, -0.05) is 42.5 Å². The van der Waals surface area contributed by atoms with Crippen LogP contribution in [0.5, 0.6) is 0 Å². The predicted molar refractivity (Wildman–Crippen MR) is 102 cm³/mol. The molecule has 0 atom stereocenters. The minimum Gasteiger partial charge on any atom is -0.352 e. The van der Waals surface area contributed by atoms with Crippen molar-refractivity contribution in [2.75, 3.05) is 0 Å². The number of hydrogen-bond acceptors (Lipinski definition) is 3. The van der Waals surface area contributed by atoms with Crippen LogP contribution < -0.4 is 16.2 Å². The average molecular weight is 451 g/mol. The summed E-state index contributed by atoms with van der Waals surface area (Å²) < 4.78 is 0.784. The second-order valence-electron chi connectivity index (χ2n) is 5.24. The van der Waals surface area contributed by atoms with Gasteiger partial charge in [0.1, 0.15) is 0 Å². The fourth-order valence-electron chi connectivity index (χ4n) is 2.01. The highest BCUT2D eigenvalue weighted by atomic mass is 127. The van der Waals surface area contributed by atoms with Gasteiger partial charge in [-0.25, -0.2) is 0 Å². The summed E-state index contributed by atoms with van der Waals surface area (Å²) in [5.74, 6) is -1.04. The quantitative estimate of drug-likeness (QED) is 0.465. The minimum absolute atomic E-state index is 0.00716. The van der Waals surface area contributed by atoms with Gasteiger partial charge >= 0.3 is 0 Å². The summed E-state index contributed by atoms with van der Waals surface area (Å²) in [6.45, 7) is 0.421. The molecule has 25 heavy (non-hydrogen) atoms. The maximum atomic E-state index is 12.0. The zero-order valence-electron chi connectivity index (χ0n) is 13.4. The molecule has 0 aliphatic heterocycles. The first kappa shape index (κ1) is 18.9. The van der Waals surface area contributed by atoms with Crippen molar-refractivity contribution in [3.63, 3.8) is 0 Å². The van der Waals surface area contributed by atoms with Crippen LogP contribution in [0.4, 0.5) is 0 Å². The minimum atomic E-state index is -0.422. The van der Waals surface area contributed by atoms with Crippen molar-refractivity contribution in [3.8, 4) is 0 Å². The number of hydrogen-bond donors (Lipinski definition) is 3. The Bertz CT molecular complexity index is 750. The third kappa shape index (κ3) is 6.54. The first-order valence-corrected chi connectivity index (χ1v) is 8.78. The maximum absolute atomic E-state index is 12.0. The van der Waals surface area contributed by atoms with Crippen molar-refractivity contribution in [1.29, 1.82) is 0 Å². The SMILES string of the molecule is O=C(CCC(=O)NNC(=O)c1ccccc1I)NCc1ccccc1. The van der Waals surface area contributed by atoms with Crippen LogP contribution in [0.15, 0.2) is 54.6 Å². The number of carbonyl (C=O) groups is 3. The van der Waals surface area contributed by atoms with Gasteiger partial charge in [0.05, 0.1) is 5.56 Å². The molecule has 0 saturated heterocycles. The van der Waals surface area contributed by atoms with E-state index in [4.69, 9.17) is 0 Å². The van der Waals surface area contributed by atoms with Crippen LogP contribution in [0.3, 0.4) is 0 Å². The Morgan fingerprint density at radius 3 is 2.16 bits per heavy atom. The number of rotatable bonds is 6. The molecule has 0 radical (unpaired) electrons. The van der Waals surface area contributed by atoms with Crippen LogP contribution in [-0.2, 0) is 16.1 Å². The van der Waals surface area contributed by atoms with E-state index in [0.717, 1.165) is 9.13 Å². The highest BCUT2D eigenvalue weighted by Gasteiger charge is 2.11.